The summed E-state index contributed by atoms with van der Waals surface area (Å²) in [5.74, 6) is -0.390. The van der Waals surface area contributed by atoms with Gasteiger partial charge in [-0.25, -0.2) is 0 Å². The van der Waals surface area contributed by atoms with Crippen LogP contribution in [-0.4, -0.2) is 11.8 Å². The van der Waals surface area contributed by atoms with E-state index in [0.717, 1.165) is 12.8 Å². The minimum atomic E-state index is -0.396. The molecule has 0 heterocycles. The zero-order valence-electron chi connectivity index (χ0n) is 10.2. The van der Waals surface area contributed by atoms with Crippen molar-refractivity contribution in [3.8, 4) is 0 Å². The van der Waals surface area contributed by atoms with E-state index in [0.29, 0.717) is 30.8 Å². The average molecular weight is 226 g/mol. The fraction of sp³-hybridized carbons (Fsp3) is 0.667. The van der Waals surface area contributed by atoms with Gasteiger partial charge in [-0.05, 0) is 25.2 Å². The summed E-state index contributed by atoms with van der Waals surface area (Å²) in [5.41, 5.74) is 10.9. The first-order valence-corrected chi connectivity index (χ1v) is 5.76. The van der Waals surface area contributed by atoms with E-state index in [1.54, 1.807) is 0 Å². The highest BCUT2D eigenvalue weighted by molar-refractivity contribution is 5.91. The first kappa shape index (κ1) is 14.7. The molecule has 1 unspecified atom stereocenters. The molecule has 0 aromatic rings. The van der Waals surface area contributed by atoms with E-state index in [-0.39, 0.29) is 5.91 Å². The lowest BCUT2D eigenvalue weighted by atomic mass is 9.99. The molecule has 0 aromatic carbocycles. The maximum Gasteiger partial charge on any atom is 0.244 e. The van der Waals surface area contributed by atoms with Crippen molar-refractivity contribution >= 4 is 11.8 Å². The molecule has 4 nitrogen and oxygen atoms in total. The third-order valence-electron chi connectivity index (χ3n) is 2.42. The van der Waals surface area contributed by atoms with Gasteiger partial charge in [0.1, 0.15) is 0 Å². The topological polar surface area (TPSA) is 86.2 Å². The van der Waals surface area contributed by atoms with Crippen LogP contribution in [0.2, 0.25) is 0 Å². The van der Waals surface area contributed by atoms with Crippen LogP contribution in [0.1, 0.15) is 46.0 Å². The van der Waals surface area contributed by atoms with Crippen LogP contribution in [0.4, 0.5) is 0 Å². The van der Waals surface area contributed by atoms with Crippen LogP contribution in [0.3, 0.4) is 0 Å². The Morgan fingerprint density at radius 3 is 2.31 bits per heavy atom. The highest BCUT2D eigenvalue weighted by Gasteiger charge is 2.08. The van der Waals surface area contributed by atoms with Gasteiger partial charge in [0.25, 0.3) is 0 Å². The van der Waals surface area contributed by atoms with Crippen molar-refractivity contribution in [1.82, 2.24) is 0 Å². The van der Waals surface area contributed by atoms with E-state index in [2.05, 4.69) is 13.8 Å². The summed E-state index contributed by atoms with van der Waals surface area (Å²) in [6.45, 7) is 4.15. The Morgan fingerprint density at radius 1 is 1.25 bits per heavy atom. The molecule has 0 rings (SSSR count). The molecule has 1 atom stereocenters. The minimum absolute atomic E-state index is 0.298. The predicted molar refractivity (Wildman–Crippen MR) is 64.4 cm³/mol. The monoisotopic (exact) mass is 226 g/mol. The molecule has 0 saturated carbocycles. The van der Waals surface area contributed by atoms with E-state index in [1.165, 1.54) is 0 Å². The van der Waals surface area contributed by atoms with Gasteiger partial charge in [0, 0.05) is 12.0 Å². The molecule has 4 N–H and O–H groups in total. The fourth-order valence-corrected chi connectivity index (χ4v) is 1.62. The molecule has 0 spiro atoms. The summed E-state index contributed by atoms with van der Waals surface area (Å²) in [5, 5.41) is 0. The van der Waals surface area contributed by atoms with Crippen molar-refractivity contribution in [3.63, 3.8) is 0 Å². The van der Waals surface area contributed by atoms with Crippen LogP contribution in [0.25, 0.3) is 0 Å². The van der Waals surface area contributed by atoms with Crippen molar-refractivity contribution < 1.29 is 9.59 Å². The largest absolute Gasteiger partial charge is 0.370 e. The number of hydrogen-bond donors (Lipinski definition) is 2. The highest BCUT2D eigenvalue weighted by atomic mass is 16.1. The van der Waals surface area contributed by atoms with Crippen molar-refractivity contribution in [2.45, 2.75) is 46.0 Å². The summed E-state index contributed by atoms with van der Waals surface area (Å²) in [6.07, 6.45) is 5.44. The van der Waals surface area contributed by atoms with E-state index < -0.39 is 5.91 Å². The Morgan fingerprint density at radius 2 is 1.88 bits per heavy atom. The lowest BCUT2D eigenvalue weighted by Gasteiger charge is -2.07. The standard InChI is InChI=1S/C12H22N2O2/c1-3-5-9(2)8-10(12(14)16)6-4-7-11(13)15/h8-9H,3-7H2,1-2H3,(H2,13,15)(H2,14,16). The van der Waals surface area contributed by atoms with E-state index in [4.69, 9.17) is 11.5 Å². The fourth-order valence-electron chi connectivity index (χ4n) is 1.62. The molecule has 0 aliphatic rings. The first-order chi connectivity index (χ1) is 7.47. The van der Waals surface area contributed by atoms with Gasteiger partial charge in [0.2, 0.25) is 11.8 Å². The molecule has 4 heteroatoms. The number of amides is 2. The molecule has 0 bridgehead atoms. The summed E-state index contributed by atoms with van der Waals surface area (Å²) in [6, 6.07) is 0. The minimum Gasteiger partial charge on any atom is -0.370 e. The van der Waals surface area contributed by atoms with Crippen LogP contribution in [0.5, 0.6) is 0 Å². The van der Waals surface area contributed by atoms with Gasteiger partial charge in [-0.3, -0.25) is 9.59 Å². The van der Waals surface area contributed by atoms with Gasteiger partial charge in [-0.15, -0.1) is 0 Å². The summed E-state index contributed by atoms with van der Waals surface area (Å²) < 4.78 is 0. The Balaban J connectivity index is 4.26. The zero-order chi connectivity index (χ0) is 12.6. The number of allylic oxidation sites excluding steroid dienone is 1. The third kappa shape index (κ3) is 7.04. The molecule has 16 heavy (non-hydrogen) atoms. The normalized spacial score (nSPS) is 13.5. The van der Waals surface area contributed by atoms with E-state index in [1.807, 2.05) is 6.08 Å². The second kappa shape index (κ2) is 7.91. The van der Waals surface area contributed by atoms with Crippen LogP contribution < -0.4 is 11.5 Å². The molecule has 0 aromatic heterocycles. The second-order valence-electron chi connectivity index (χ2n) is 4.14. The van der Waals surface area contributed by atoms with Gasteiger partial charge in [-0.1, -0.05) is 26.3 Å². The van der Waals surface area contributed by atoms with Crippen LogP contribution in [0.15, 0.2) is 11.6 Å². The lowest BCUT2D eigenvalue weighted by Crippen LogP contribution is -2.16. The summed E-state index contributed by atoms with van der Waals surface area (Å²) in [4.78, 5) is 21.7. The van der Waals surface area contributed by atoms with Crippen LogP contribution >= 0.6 is 0 Å². The maximum absolute atomic E-state index is 11.2. The second-order valence-corrected chi connectivity index (χ2v) is 4.14. The van der Waals surface area contributed by atoms with Crippen LogP contribution in [0, 0.1) is 5.92 Å². The van der Waals surface area contributed by atoms with Gasteiger partial charge >= 0.3 is 0 Å². The Hall–Kier alpha value is -1.32. The van der Waals surface area contributed by atoms with Crippen molar-refractivity contribution in [2.75, 3.05) is 0 Å². The SMILES string of the molecule is CCCC(C)C=C(CCCC(N)=O)C(N)=O. The quantitative estimate of drug-likeness (QED) is 0.614. The van der Waals surface area contributed by atoms with Crippen molar-refractivity contribution in [1.29, 1.82) is 0 Å². The molecule has 2 amide bonds. The van der Waals surface area contributed by atoms with E-state index >= 15 is 0 Å². The molecule has 0 radical (unpaired) electrons. The van der Waals surface area contributed by atoms with Crippen LogP contribution in [-0.2, 0) is 9.59 Å². The predicted octanol–water partition coefficient (Wildman–Crippen LogP) is 1.49. The number of rotatable bonds is 8. The maximum atomic E-state index is 11.2. The lowest BCUT2D eigenvalue weighted by molar-refractivity contribution is -0.118. The summed E-state index contributed by atoms with van der Waals surface area (Å²) in [7, 11) is 0. The molecule has 0 fully saturated rings. The molecular weight excluding hydrogens is 204 g/mol. The van der Waals surface area contributed by atoms with Crippen molar-refractivity contribution in [3.05, 3.63) is 11.6 Å². The highest BCUT2D eigenvalue weighted by Crippen LogP contribution is 2.14. The number of hydrogen-bond acceptors (Lipinski definition) is 2. The number of carbonyl (C=O) groups excluding carboxylic acids is 2. The zero-order valence-corrected chi connectivity index (χ0v) is 10.2. The number of carbonyl (C=O) groups is 2. The Kier molecular flexibility index (Phi) is 7.25. The van der Waals surface area contributed by atoms with E-state index in [9.17, 15) is 9.59 Å². The molecule has 0 aliphatic carbocycles. The molecular formula is C12H22N2O2. The van der Waals surface area contributed by atoms with Gasteiger partial charge in [0.15, 0.2) is 0 Å². The Labute approximate surface area is 97.1 Å². The summed E-state index contributed by atoms with van der Waals surface area (Å²) >= 11 is 0. The Bertz CT molecular complexity index is 272. The molecule has 0 saturated heterocycles. The first-order valence-electron chi connectivity index (χ1n) is 5.76. The van der Waals surface area contributed by atoms with Crippen molar-refractivity contribution in [2.24, 2.45) is 17.4 Å². The molecule has 0 aliphatic heterocycles. The smallest absolute Gasteiger partial charge is 0.244 e. The molecule has 92 valence electrons. The average Bonchev–Trinajstić information content (AvgIpc) is 2.15. The third-order valence-corrected chi connectivity index (χ3v) is 2.42. The number of primary amides is 2. The number of nitrogens with two attached hydrogens (primary N) is 2. The van der Waals surface area contributed by atoms with Gasteiger partial charge < -0.3 is 11.5 Å². The van der Waals surface area contributed by atoms with Gasteiger partial charge in [-0.2, -0.15) is 0 Å². The van der Waals surface area contributed by atoms with Gasteiger partial charge in [0.05, 0.1) is 0 Å².